The van der Waals surface area contributed by atoms with E-state index < -0.39 is 0 Å². The van der Waals surface area contributed by atoms with E-state index in [2.05, 4.69) is 39.6 Å². The Kier molecular flexibility index (Phi) is 6.90. The Morgan fingerprint density at radius 3 is 2.67 bits per heavy atom. The van der Waals surface area contributed by atoms with Crippen LogP contribution in [-0.4, -0.2) is 37.4 Å². The molecule has 7 nitrogen and oxygen atoms in total. The molecule has 0 radical (unpaired) electrons. The van der Waals surface area contributed by atoms with Crippen molar-refractivity contribution >= 4 is 11.8 Å². The SMILES string of the molecule is CCNC(=NCc1ccc2c(c1)OCO2)NCc1ccnc(N2CCCCCC2)c1. The summed E-state index contributed by atoms with van der Waals surface area (Å²) in [5.74, 6) is 3.46. The van der Waals surface area contributed by atoms with Crippen LogP contribution in [0.15, 0.2) is 41.5 Å². The molecule has 1 aromatic heterocycles. The lowest BCUT2D eigenvalue weighted by Crippen LogP contribution is -2.36. The number of rotatable bonds is 6. The molecule has 2 N–H and O–H groups in total. The van der Waals surface area contributed by atoms with Crippen LogP contribution in [0.25, 0.3) is 0 Å². The lowest BCUT2D eigenvalue weighted by molar-refractivity contribution is 0.174. The number of fused-ring (bicyclic) bond motifs is 1. The van der Waals surface area contributed by atoms with E-state index in [4.69, 9.17) is 14.5 Å². The standard InChI is InChI=1S/C23H31N5O2/c1-2-24-23(26-15-18-7-8-20-21(13-18)30-17-29-20)27-16-19-9-10-25-22(14-19)28-11-5-3-4-6-12-28/h7-10,13-14H,2-6,11-12,15-17H2,1H3,(H2,24,26,27). The summed E-state index contributed by atoms with van der Waals surface area (Å²) in [6.07, 6.45) is 7.06. The maximum absolute atomic E-state index is 5.46. The molecule has 0 bridgehead atoms. The molecule has 1 aromatic carbocycles. The Labute approximate surface area is 178 Å². The van der Waals surface area contributed by atoms with Crippen molar-refractivity contribution in [3.63, 3.8) is 0 Å². The summed E-state index contributed by atoms with van der Waals surface area (Å²) in [5, 5.41) is 6.76. The van der Waals surface area contributed by atoms with Crippen LogP contribution in [0.2, 0.25) is 0 Å². The van der Waals surface area contributed by atoms with Crippen LogP contribution in [0.5, 0.6) is 11.5 Å². The van der Waals surface area contributed by atoms with Gasteiger partial charge in [-0.15, -0.1) is 0 Å². The molecule has 0 saturated carbocycles. The molecular weight excluding hydrogens is 378 g/mol. The van der Waals surface area contributed by atoms with Gasteiger partial charge in [-0.2, -0.15) is 0 Å². The first-order chi connectivity index (χ1) is 14.8. The average molecular weight is 410 g/mol. The van der Waals surface area contributed by atoms with E-state index in [1.54, 1.807) is 0 Å². The number of aromatic nitrogens is 1. The van der Waals surface area contributed by atoms with Gasteiger partial charge in [-0.1, -0.05) is 18.9 Å². The second-order valence-electron chi connectivity index (χ2n) is 7.66. The number of benzene rings is 1. The first kappa shape index (κ1) is 20.3. The van der Waals surface area contributed by atoms with Gasteiger partial charge in [-0.3, -0.25) is 0 Å². The molecule has 2 aliphatic rings. The van der Waals surface area contributed by atoms with Crippen LogP contribution < -0.4 is 25.0 Å². The van der Waals surface area contributed by atoms with E-state index in [1.165, 1.54) is 31.2 Å². The first-order valence-electron chi connectivity index (χ1n) is 10.9. The van der Waals surface area contributed by atoms with Gasteiger partial charge < -0.3 is 25.0 Å². The van der Waals surface area contributed by atoms with Crippen molar-refractivity contribution in [2.24, 2.45) is 4.99 Å². The van der Waals surface area contributed by atoms with Crippen molar-refractivity contribution in [2.75, 3.05) is 31.3 Å². The maximum Gasteiger partial charge on any atom is 0.231 e. The largest absolute Gasteiger partial charge is 0.454 e. The molecule has 0 atom stereocenters. The highest BCUT2D eigenvalue weighted by Gasteiger charge is 2.13. The lowest BCUT2D eigenvalue weighted by Gasteiger charge is -2.22. The number of anilines is 1. The van der Waals surface area contributed by atoms with Gasteiger partial charge in [-0.05, 0) is 55.2 Å². The molecule has 1 saturated heterocycles. The zero-order chi connectivity index (χ0) is 20.6. The second kappa shape index (κ2) is 10.2. The van der Waals surface area contributed by atoms with Gasteiger partial charge in [-0.25, -0.2) is 9.98 Å². The second-order valence-corrected chi connectivity index (χ2v) is 7.66. The molecular formula is C23H31N5O2. The summed E-state index contributed by atoms with van der Waals surface area (Å²) in [6, 6.07) is 10.2. The van der Waals surface area contributed by atoms with Gasteiger partial charge in [0, 0.05) is 32.4 Å². The fourth-order valence-corrected chi connectivity index (χ4v) is 3.78. The van der Waals surface area contributed by atoms with Crippen molar-refractivity contribution < 1.29 is 9.47 Å². The number of nitrogens with zero attached hydrogens (tertiary/aromatic N) is 3. The predicted molar refractivity (Wildman–Crippen MR) is 119 cm³/mol. The van der Waals surface area contributed by atoms with Crippen LogP contribution >= 0.6 is 0 Å². The third-order valence-electron chi connectivity index (χ3n) is 5.40. The fourth-order valence-electron chi connectivity index (χ4n) is 3.78. The van der Waals surface area contributed by atoms with Gasteiger partial charge in [0.15, 0.2) is 17.5 Å². The first-order valence-corrected chi connectivity index (χ1v) is 10.9. The number of hydrogen-bond donors (Lipinski definition) is 2. The molecule has 0 aliphatic carbocycles. The van der Waals surface area contributed by atoms with E-state index >= 15 is 0 Å². The Morgan fingerprint density at radius 1 is 1.00 bits per heavy atom. The van der Waals surface area contributed by atoms with Crippen LogP contribution in [-0.2, 0) is 13.1 Å². The highest BCUT2D eigenvalue weighted by molar-refractivity contribution is 5.79. The Hall–Kier alpha value is -2.96. The summed E-state index contributed by atoms with van der Waals surface area (Å²) in [5.41, 5.74) is 2.29. The zero-order valence-corrected chi connectivity index (χ0v) is 17.7. The van der Waals surface area contributed by atoms with Gasteiger partial charge in [0.1, 0.15) is 5.82 Å². The Morgan fingerprint density at radius 2 is 1.83 bits per heavy atom. The third-order valence-corrected chi connectivity index (χ3v) is 5.40. The molecule has 160 valence electrons. The molecule has 2 aliphatic heterocycles. The number of guanidine groups is 1. The van der Waals surface area contributed by atoms with Crippen molar-refractivity contribution in [3.05, 3.63) is 47.7 Å². The van der Waals surface area contributed by atoms with Gasteiger partial charge in [0.05, 0.1) is 6.54 Å². The van der Waals surface area contributed by atoms with Crippen LogP contribution in [0.4, 0.5) is 5.82 Å². The molecule has 0 amide bonds. The number of ether oxygens (including phenoxy) is 2. The smallest absolute Gasteiger partial charge is 0.231 e. The van der Waals surface area contributed by atoms with E-state index in [1.807, 2.05) is 24.4 Å². The summed E-state index contributed by atoms with van der Waals surface area (Å²) in [6.45, 7) is 6.65. The van der Waals surface area contributed by atoms with E-state index in [0.29, 0.717) is 13.1 Å². The average Bonchev–Trinajstić information content (AvgIpc) is 3.07. The molecule has 1 fully saturated rings. The number of nitrogens with one attached hydrogen (secondary N) is 2. The topological polar surface area (TPSA) is 71.0 Å². The fraction of sp³-hybridized carbons (Fsp3) is 0.478. The quantitative estimate of drug-likeness (QED) is 0.563. The molecule has 2 aromatic rings. The molecule has 0 unspecified atom stereocenters. The minimum absolute atomic E-state index is 0.289. The molecule has 0 spiro atoms. The molecule has 30 heavy (non-hydrogen) atoms. The number of pyridine rings is 1. The highest BCUT2D eigenvalue weighted by Crippen LogP contribution is 2.32. The van der Waals surface area contributed by atoms with Crippen molar-refractivity contribution in [1.82, 2.24) is 15.6 Å². The highest BCUT2D eigenvalue weighted by atomic mass is 16.7. The lowest BCUT2D eigenvalue weighted by atomic mass is 10.2. The third kappa shape index (κ3) is 5.34. The van der Waals surface area contributed by atoms with Crippen LogP contribution in [0.3, 0.4) is 0 Å². The van der Waals surface area contributed by atoms with Crippen molar-refractivity contribution in [2.45, 2.75) is 45.7 Å². The van der Waals surface area contributed by atoms with Crippen LogP contribution in [0, 0.1) is 0 Å². The van der Waals surface area contributed by atoms with Gasteiger partial charge in [0.2, 0.25) is 6.79 Å². The Bertz CT molecular complexity index is 862. The van der Waals surface area contributed by atoms with E-state index in [9.17, 15) is 0 Å². The molecule has 3 heterocycles. The normalized spacial score (nSPS) is 16.3. The Balaban J connectivity index is 1.37. The van der Waals surface area contributed by atoms with Gasteiger partial charge >= 0.3 is 0 Å². The summed E-state index contributed by atoms with van der Waals surface area (Å²) in [4.78, 5) is 11.7. The van der Waals surface area contributed by atoms with E-state index in [-0.39, 0.29) is 6.79 Å². The maximum atomic E-state index is 5.46. The van der Waals surface area contributed by atoms with E-state index in [0.717, 1.165) is 48.5 Å². The summed E-state index contributed by atoms with van der Waals surface area (Å²) < 4.78 is 10.8. The zero-order valence-electron chi connectivity index (χ0n) is 17.7. The summed E-state index contributed by atoms with van der Waals surface area (Å²) in [7, 11) is 0. The van der Waals surface area contributed by atoms with Crippen molar-refractivity contribution in [1.29, 1.82) is 0 Å². The minimum atomic E-state index is 0.289. The molecule has 7 heteroatoms. The number of hydrogen-bond acceptors (Lipinski definition) is 5. The molecule has 4 rings (SSSR count). The van der Waals surface area contributed by atoms with Crippen LogP contribution in [0.1, 0.15) is 43.7 Å². The van der Waals surface area contributed by atoms with Crippen molar-refractivity contribution in [3.8, 4) is 11.5 Å². The summed E-state index contributed by atoms with van der Waals surface area (Å²) >= 11 is 0. The number of aliphatic imine (C=N–C) groups is 1. The minimum Gasteiger partial charge on any atom is -0.454 e. The monoisotopic (exact) mass is 409 g/mol. The predicted octanol–water partition coefficient (Wildman–Crippen LogP) is 3.45. The van der Waals surface area contributed by atoms with Gasteiger partial charge in [0.25, 0.3) is 0 Å².